The highest BCUT2D eigenvalue weighted by Gasteiger charge is 2.32. The van der Waals surface area contributed by atoms with Crippen molar-refractivity contribution < 1.29 is 14.4 Å². The molecule has 1 aliphatic heterocycles. The Hall–Kier alpha value is -3.39. The van der Waals surface area contributed by atoms with E-state index in [2.05, 4.69) is 15.3 Å². The van der Waals surface area contributed by atoms with Crippen LogP contribution in [-0.4, -0.2) is 39.6 Å². The Balaban J connectivity index is 1.46. The summed E-state index contributed by atoms with van der Waals surface area (Å²) in [4.78, 5) is 46.0. The predicted molar refractivity (Wildman–Crippen MR) is 101 cm³/mol. The quantitative estimate of drug-likeness (QED) is 0.705. The van der Waals surface area contributed by atoms with Gasteiger partial charge in [0.2, 0.25) is 5.91 Å². The topological polar surface area (TPSA) is 92.3 Å². The van der Waals surface area contributed by atoms with Gasteiger partial charge in [-0.25, -0.2) is 4.98 Å². The molecule has 0 saturated heterocycles. The normalized spacial score (nSPS) is 13.0. The summed E-state index contributed by atoms with van der Waals surface area (Å²) >= 11 is 1.43. The molecule has 0 aliphatic carbocycles. The number of amides is 3. The summed E-state index contributed by atoms with van der Waals surface area (Å²) in [5, 5.41) is 5.32. The minimum Gasteiger partial charge on any atom is -0.326 e. The molecule has 27 heavy (non-hydrogen) atoms. The standard InChI is InChI=1S/C19H14N4O3S/c1-23-18(25)13-6-5-11(8-14(13)19(23)26)21-16(24)9-12-10-27-17(22-12)15-4-2-3-7-20-15/h2-8,10H,9H2,1H3,(H,21,24). The van der Waals surface area contributed by atoms with Gasteiger partial charge in [-0.3, -0.25) is 24.3 Å². The van der Waals surface area contributed by atoms with E-state index in [0.717, 1.165) is 15.6 Å². The predicted octanol–water partition coefficient (Wildman–Crippen LogP) is 2.61. The summed E-state index contributed by atoms with van der Waals surface area (Å²) in [5.41, 5.74) is 2.52. The van der Waals surface area contributed by atoms with Gasteiger partial charge < -0.3 is 5.32 Å². The molecule has 2 aromatic heterocycles. The number of aromatic nitrogens is 2. The van der Waals surface area contributed by atoms with Gasteiger partial charge in [-0.2, -0.15) is 0 Å². The van der Waals surface area contributed by atoms with Crippen LogP contribution < -0.4 is 5.32 Å². The smallest absolute Gasteiger partial charge is 0.261 e. The fourth-order valence-corrected chi connectivity index (χ4v) is 3.60. The molecule has 3 heterocycles. The van der Waals surface area contributed by atoms with E-state index in [-0.39, 0.29) is 24.1 Å². The molecule has 3 amide bonds. The zero-order valence-electron chi connectivity index (χ0n) is 14.3. The number of imide groups is 1. The van der Waals surface area contributed by atoms with E-state index in [4.69, 9.17) is 0 Å². The molecule has 0 spiro atoms. The Kier molecular flexibility index (Phi) is 4.25. The first-order valence-electron chi connectivity index (χ1n) is 8.15. The molecule has 1 aromatic carbocycles. The first-order valence-corrected chi connectivity index (χ1v) is 9.03. The maximum absolute atomic E-state index is 12.3. The Morgan fingerprint density at radius 2 is 1.96 bits per heavy atom. The van der Waals surface area contributed by atoms with E-state index in [9.17, 15) is 14.4 Å². The molecule has 0 bridgehead atoms. The summed E-state index contributed by atoms with van der Waals surface area (Å²) in [6.07, 6.45) is 1.80. The molecule has 0 unspecified atom stereocenters. The Morgan fingerprint density at radius 1 is 1.15 bits per heavy atom. The number of hydrogen-bond acceptors (Lipinski definition) is 6. The summed E-state index contributed by atoms with van der Waals surface area (Å²) in [6.45, 7) is 0. The minimum atomic E-state index is -0.370. The molecule has 4 rings (SSSR count). The highest BCUT2D eigenvalue weighted by molar-refractivity contribution is 7.13. The van der Waals surface area contributed by atoms with Crippen LogP contribution in [0.5, 0.6) is 0 Å². The van der Waals surface area contributed by atoms with E-state index in [0.29, 0.717) is 22.5 Å². The molecule has 0 fully saturated rings. The van der Waals surface area contributed by atoms with E-state index in [1.807, 2.05) is 23.6 Å². The summed E-state index contributed by atoms with van der Waals surface area (Å²) in [7, 11) is 1.43. The van der Waals surface area contributed by atoms with Crippen molar-refractivity contribution in [1.82, 2.24) is 14.9 Å². The van der Waals surface area contributed by atoms with Crippen LogP contribution in [-0.2, 0) is 11.2 Å². The van der Waals surface area contributed by atoms with Gasteiger partial charge in [0.05, 0.1) is 28.9 Å². The highest BCUT2D eigenvalue weighted by atomic mass is 32.1. The van der Waals surface area contributed by atoms with Crippen molar-refractivity contribution in [2.24, 2.45) is 0 Å². The van der Waals surface area contributed by atoms with Crippen LogP contribution >= 0.6 is 11.3 Å². The Labute approximate surface area is 158 Å². The number of anilines is 1. The van der Waals surface area contributed by atoms with Crippen molar-refractivity contribution in [2.75, 3.05) is 12.4 Å². The lowest BCUT2D eigenvalue weighted by Gasteiger charge is -2.05. The molecule has 0 atom stereocenters. The summed E-state index contributed by atoms with van der Waals surface area (Å²) < 4.78 is 0. The Bertz CT molecular complexity index is 1060. The van der Waals surface area contributed by atoms with Crippen molar-refractivity contribution in [3.05, 3.63) is 64.8 Å². The monoisotopic (exact) mass is 378 g/mol. The lowest BCUT2D eigenvalue weighted by molar-refractivity contribution is -0.115. The average Bonchev–Trinajstić information content (AvgIpc) is 3.22. The van der Waals surface area contributed by atoms with E-state index < -0.39 is 0 Å². The third-order valence-electron chi connectivity index (χ3n) is 4.15. The number of rotatable bonds is 4. The summed E-state index contributed by atoms with van der Waals surface area (Å²) in [5.74, 6) is -0.957. The lowest BCUT2D eigenvalue weighted by Crippen LogP contribution is -2.24. The number of thiazole rings is 1. The van der Waals surface area contributed by atoms with Gasteiger partial charge in [-0.15, -0.1) is 11.3 Å². The van der Waals surface area contributed by atoms with E-state index in [1.54, 1.807) is 18.3 Å². The first-order chi connectivity index (χ1) is 13.0. The van der Waals surface area contributed by atoms with Crippen LogP contribution in [0.1, 0.15) is 26.4 Å². The van der Waals surface area contributed by atoms with Crippen LogP contribution in [0, 0.1) is 0 Å². The molecule has 3 aromatic rings. The van der Waals surface area contributed by atoms with Gasteiger partial charge in [0.25, 0.3) is 11.8 Å². The van der Waals surface area contributed by atoms with Gasteiger partial charge in [-0.1, -0.05) is 6.07 Å². The number of nitrogens with zero attached hydrogens (tertiary/aromatic N) is 3. The Morgan fingerprint density at radius 3 is 2.74 bits per heavy atom. The number of carbonyl (C=O) groups excluding carboxylic acids is 3. The fraction of sp³-hybridized carbons (Fsp3) is 0.105. The van der Waals surface area contributed by atoms with E-state index >= 15 is 0 Å². The molecular weight excluding hydrogens is 364 g/mol. The third kappa shape index (κ3) is 3.22. The largest absolute Gasteiger partial charge is 0.326 e. The second kappa shape index (κ2) is 6.73. The number of carbonyl (C=O) groups is 3. The van der Waals surface area contributed by atoms with Crippen LogP contribution in [0.2, 0.25) is 0 Å². The van der Waals surface area contributed by atoms with Crippen molar-refractivity contribution in [2.45, 2.75) is 6.42 Å². The number of fused-ring (bicyclic) bond motifs is 1. The van der Waals surface area contributed by atoms with Crippen LogP contribution in [0.3, 0.4) is 0 Å². The molecule has 7 nitrogen and oxygen atoms in total. The van der Waals surface area contributed by atoms with Crippen molar-refractivity contribution >= 4 is 34.7 Å². The number of benzene rings is 1. The second-order valence-electron chi connectivity index (χ2n) is 6.01. The van der Waals surface area contributed by atoms with Gasteiger partial charge in [0, 0.05) is 24.3 Å². The van der Waals surface area contributed by atoms with Gasteiger partial charge in [0.15, 0.2) is 0 Å². The van der Waals surface area contributed by atoms with Crippen molar-refractivity contribution in [3.63, 3.8) is 0 Å². The van der Waals surface area contributed by atoms with Crippen molar-refractivity contribution in [1.29, 1.82) is 0 Å². The lowest BCUT2D eigenvalue weighted by atomic mass is 10.1. The van der Waals surface area contributed by atoms with Crippen LogP contribution in [0.4, 0.5) is 5.69 Å². The number of hydrogen-bond donors (Lipinski definition) is 1. The van der Waals surface area contributed by atoms with Crippen molar-refractivity contribution in [3.8, 4) is 10.7 Å². The first kappa shape index (κ1) is 17.0. The van der Waals surface area contributed by atoms with E-state index in [1.165, 1.54) is 24.5 Å². The SMILES string of the molecule is CN1C(=O)c2ccc(NC(=O)Cc3csc(-c4ccccn4)n3)cc2C1=O. The van der Waals surface area contributed by atoms with Gasteiger partial charge >= 0.3 is 0 Å². The molecule has 1 N–H and O–H groups in total. The van der Waals surface area contributed by atoms with Gasteiger partial charge in [-0.05, 0) is 30.3 Å². The number of pyridine rings is 1. The highest BCUT2D eigenvalue weighted by Crippen LogP contribution is 2.25. The van der Waals surface area contributed by atoms with Gasteiger partial charge in [0.1, 0.15) is 5.01 Å². The maximum atomic E-state index is 12.3. The molecule has 1 aliphatic rings. The van der Waals surface area contributed by atoms with Crippen LogP contribution in [0.25, 0.3) is 10.7 Å². The zero-order valence-corrected chi connectivity index (χ0v) is 15.1. The molecule has 8 heteroatoms. The molecule has 0 radical (unpaired) electrons. The summed E-state index contributed by atoms with van der Waals surface area (Å²) in [6, 6.07) is 10.3. The molecule has 134 valence electrons. The average molecular weight is 378 g/mol. The molecular formula is C19H14N4O3S. The zero-order chi connectivity index (χ0) is 19.0. The minimum absolute atomic E-state index is 0.104. The second-order valence-corrected chi connectivity index (χ2v) is 6.87. The third-order valence-corrected chi connectivity index (χ3v) is 5.06. The fourth-order valence-electron chi connectivity index (χ4n) is 2.80. The molecule has 0 saturated carbocycles. The number of nitrogens with one attached hydrogen (secondary N) is 1. The van der Waals surface area contributed by atoms with Crippen LogP contribution in [0.15, 0.2) is 48.0 Å². The maximum Gasteiger partial charge on any atom is 0.261 e.